The van der Waals surface area contributed by atoms with E-state index in [9.17, 15) is 4.79 Å². The summed E-state index contributed by atoms with van der Waals surface area (Å²) in [6.45, 7) is 0. The normalized spacial score (nSPS) is 31.5. The maximum Gasteiger partial charge on any atom is 0.143 e. The van der Waals surface area contributed by atoms with E-state index in [1.165, 1.54) is 0 Å². The second-order valence-electron chi connectivity index (χ2n) is 4.28. The van der Waals surface area contributed by atoms with E-state index in [0.29, 0.717) is 16.8 Å². The first-order chi connectivity index (χ1) is 8.25. The van der Waals surface area contributed by atoms with E-state index in [-0.39, 0.29) is 11.2 Å². The van der Waals surface area contributed by atoms with Crippen molar-refractivity contribution < 1.29 is 4.79 Å². The van der Waals surface area contributed by atoms with Gasteiger partial charge in [0.05, 0.1) is 10.5 Å². The molecule has 3 atom stereocenters. The lowest BCUT2D eigenvalue weighted by molar-refractivity contribution is -0.121. The molecule has 1 saturated heterocycles. The number of fused-ring (bicyclic) bond motifs is 1. The highest BCUT2D eigenvalue weighted by atomic mass is 32.2. The highest BCUT2D eigenvalue weighted by Gasteiger charge is 2.39. The molecule has 1 fully saturated rings. The first-order valence-corrected chi connectivity index (χ1v) is 7.49. The molecule has 2 nitrogen and oxygen atoms in total. The minimum absolute atomic E-state index is 0.117. The summed E-state index contributed by atoms with van der Waals surface area (Å²) in [5.74, 6) is 0.467. The molecule has 0 saturated carbocycles. The van der Waals surface area contributed by atoms with Gasteiger partial charge in [-0.25, -0.2) is 0 Å². The van der Waals surface area contributed by atoms with Gasteiger partial charge in [0.1, 0.15) is 5.78 Å². The monoisotopic (exact) mass is 263 g/mol. The molecule has 3 unspecified atom stereocenters. The number of nitrogen functional groups attached to an aromatic ring is 1. The Balaban J connectivity index is 1.87. The van der Waals surface area contributed by atoms with Gasteiger partial charge in [0.25, 0.3) is 0 Å². The molecule has 0 aliphatic carbocycles. The van der Waals surface area contributed by atoms with Crippen molar-refractivity contribution in [2.75, 3.05) is 5.73 Å². The fourth-order valence-corrected chi connectivity index (χ4v) is 5.31. The Morgan fingerprint density at radius 3 is 2.94 bits per heavy atom. The standard InChI is InChI=1S/C13H13NOS2/c14-10-4-2-1-3-8(10)12-7-11(15)9-5-6-16-13(9)17-12/h1-6,9,12-13H,7,14H2. The zero-order valence-electron chi connectivity index (χ0n) is 9.21. The summed E-state index contributed by atoms with van der Waals surface area (Å²) < 4.78 is 0.348. The molecule has 2 N–H and O–H groups in total. The van der Waals surface area contributed by atoms with Crippen molar-refractivity contribution in [3.8, 4) is 0 Å². The molecule has 2 heterocycles. The zero-order chi connectivity index (χ0) is 11.8. The number of nitrogens with two attached hydrogens (primary N) is 1. The second-order valence-corrected chi connectivity index (χ2v) is 6.98. The number of hydrogen-bond acceptors (Lipinski definition) is 4. The highest BCUT2D eigenvalue weighted by molar-refractivity contribution is 8.18. The summed E-state index contributed by atoms with van der Waals surface area (Å²) in [7, 11) is 0. The molecule has 2 aliphatic rings. The van der Waals surface area contributed by atoms with Crippen LogP contribution in [0.1, 0.15) is 17.2 Å². The van der Waals surface area contributed by atoms with Crippen LogP contribution in [0.4, 0.5) is 5.69 Å². The molecule has 0 spiro atoms. The number of para-hydroxylation sites is 1. The molecule has 3 rings (SSSR count). The fraction of sp³-hybridized carbons (Fsp3) is 0.308. The van der Waals surface area contributed by atoms with Crippen LogP contribution in [-0.2, 0) is 4.79 Å². The van der Waals surface area contributed by atoms with Crippen LogP contribution >= 0.6 is 23.5 Å². The van der Waals surface area contributed by atoms with Crippen molar-refractivity contribution in [3.63, 3.8) is 0 Å². The van der Waals surface area contributed by atoms with Crippen molar-refractivity contribution >= 4 is 35.0 Å². The second kappa shape index (κ2) is 4.42. The lowest BCUT2D eigenvalue weighted by Gasteiger charge is -2.30. The summed E-state index contributed by atoms with van der Waals surface area (Å²) in [5, 5.41) is 2.27. The van der Waals surface area contributed by atoms with Crippen LogP contribution in [0.2, 0.25) is 0 Å². The number of allylic oxidation sites excluding steroid dienone is 1. The molecule has 0 radical (unpaired) electrons. The lowest BCUT2D eigenvalue weighted by Crippen LogP contribution is -2.27. The van der Waals surface area contributed by atoms with E-state index in [0.717, 1.165) is 11.3 Å². The topological polar surface area (TPSA) is 43.1 Å². The number of hydrogen-bond donors (Lipinski definition) is 1. The van der Waals surface area contributed by atoms with Gasteiger partial charge in [0, 0.05) is 17.4 Å². The largest absolute Gasteiger partial charge is 0.398 e. The fourth-order valence-electron chi connectivity index (χ4n) is 2.27. The Labute approximate surface area is 109 Å². The Bertz CT molecular complexity index is 486. The number of ketones is 1. The van der Waals surface area contributed by atoms with Crippen LogP contribution < -0.4 is 5.73 Å². The average molecular weight is 263 g/mol. The Morgan fingerprint density at radius 1 is 1.29 bits per heavy atom. The SMILES string of the molecule is Nc1ccccc1C1CC(=O)C2C=CSC2S1. The van der Waals surface area contributed by atoms with Crippen LogP contribution in [0.5, 0.6) is 0 Å². The Hall–Kier alpha value is -0.870. The number of rotatable bonds is 1. The van der Waals surface area contributed by atoms with Gasteiger partial charge in [-0.05, 0) is 17.0 Å². The number of anilines is 1. The summed E-state index contributed by atoms with van der Waals surface area (Å²) in [6, 6.07) is 7.87. The van der Waals surface area contributed by atoms with Crippen molar-refractivity contribution in [2.24, 2.45) is 5.92 Å². The van der Waals surface area contributed by atoms with Crippen LogP contribution in [0.3, 0.4) is 0 Å². The molecule has 0 aromatic heterocycles. The third-order valence-corrected chi connectivity index (χ3v) is 6.04. The zero-order valence-corrected chi connectivity index (χ0v) is 10.8. The van der Waals surface area contributed by atoms with Crippen molar-refractivity contribution in [2.45, 2.75) is 16.3 Å². The van der Waals surface area contributed by atoms with Crippen LogP contribution in [0, 0.1) is 5.92 Å². The predicted molar refractivity (Wildman–Crippen MR) is 74.8 cm³/mol. The van der Waals surface area contributed by atoms with Gasteiger partial charge in [0.15, 0.2) is 0 Å². The quantitative estimate of drug-likeness (QED) is 0.790. The molecule has 0 bridgehead atoms. The van der Waals surface area contributed by atoms with E-state index in [1.807, 2.05) is 42.1 Å². The summed E-state index contributed by atoms with van der Waals surface area (Å²) in [6.07, 6.45) is 2.64. The maximum atomic E-state index is 12.1. The van der Waals surface area contributed by atoms with Gasteiger partial charge in [0.2, 0.25) is 0 Å². The maximum absolute atomic E-state index is 12.1. The van der Waals surface area contributed by atoms with E-state index in [1.54, 1.807) is 11.8 Å². The Morgan fingerprint density at radius 2 is 2.12 bits per heavy atom. The number of benzene rings is 1. The van der Waals surface area contributed by atoms with Crippen LogP contribution in [-0.4, -0.2) is 10.4 Å². The number of thioether (sulfide) groups is 2. The first-order valence-electron chi connectivity index (χ1n) is 5.60. The molecular weight excluding hydrogens is 250 g/mol. The van der Waals surface area contributed by atoms with Gasteiger partial charge in [-0.1, -0.05) is 24.3 Å². The molecule has 0 amide bonds. The lowest BCUT2D eigenvalue weighted by atomic mass is 9.97. The molecule has 4 heteroatoms. The third kappa shape index (κ3) is 2.00. The molecule has 1 aromatic rings. The van der Waals surface area contributed by atoms with E-state index >= 15 is 0 Å². The number of Topliss-reactive ketones (excluding diaryl/α,β-unsaturated/α-hetero) is 1. The predicted octanol–water partition coefficient (Wildman–Crippen LogP) is 3.22. The van der Waals surface area contributed by atoms with E-state index < -0.39 is 0 Å². The number of carbonyl (C=O) groups excluding carboxylic acids is 1. The minimum Gasteiger partial charge on any atom is -0.398 e. The van der Waals surface area contributed by atoms with Gasteiger partial charge in [-0.2, -0.15) is 0 Å². The van der Waals surface area contributed by atoms with Crippen molar-refractivity contribution in [3.05, 3.63) is 41.3 Å². The van der Waals surface area contributed by atoms with Gasteiger partial charge in [-0.3, -0.25) is 4.79 Å². The van der Waals surface area contributed by atoms with Gasteiger partial charge >= 0.3 is 0 Å². The van der Waals surface area contributed by atoms with E-state index in [4.69, 9.17) is 5.73 Å². The Kier molecular flexibility index (Phi) is 2.92. The van der Waals surface area contributed by atoms with E-state index in [2.05, 4.69) is 5.41 Å². The summed E-state index contributed by atoms with van der Waals surface area (Å²) in [4.78, 5) is 12.1. The van der Waals surface area contributed by atoms with Gasteiger partial charge in [-0.15, -0.1) is 23.5 Å². The minimum atomic E-state index is 0.117. The molecule has 1 aromatic carbocycles. The first kappa shape index (κ1) is 11.2. The molecular formula is C13H13NOS2. The molecule has 17 heavy (non-hydrogen) atoms. The smallest absolute Gasteiger partial charge is 0.143 e. The van der Waals surface area contributed by atoms with Crippen LogP contribution in [0.15, 0.2) is 35.7 Å². The molecule has 2 aliphatic heterocycles. The van der Waals surface area contributed by atoms with Crippen molar-refractivity contribution in [1.82, 2.24) is 0 Å². The summed E-state index contributed by atoms with van der Waals surface area (Å²) >= 11 is 3.63. The molecule has 88 valence electrons. The highest BCUT2D eigenvalue weighted by Crippen LogP contribution is 2.51. The number of carbonyl (C=O) groups is 1. The van der Waals surface area contributed by atoms with Crippen LogP contribution in [0.25, 0.3) is 0 Å². The average Bonchev–Trinajstić information content (AvgIpc) is 2.78. The third-order valence-electron chi connectivity index (χ3n) is 3.19. The summed E-state index contributed by atoms with van der Waals surface area (Å²) in [5.41, 5.74) is 7.89. The van der Waals surface area contributed by atoms with Gasteiger partial charge < -0.3 is 5.73 Å². The van der Waals surface area contributed by atoms with Crippen molar-refractivity contribution in [1.29, 1.82) is 0 Å².